The fourth-order valence-corrected chi connectivity index (χ4v) is 6.45. The highest BCUT2D eigenvalue weighted by Crippen LogP contribution is 2.49. The molecule has 6 heteroatoms. The largest absolute Gasteiger partial charge is 0.487 e. The second kappa shape index (κ2) is 9.57. The normalized spacial score (nSPS) is 27.7. The van der Waals surface area contributed by atoms with Gasteiger partial charge in [0, 0.05) is 36.9 Å². The van der Waals surface area contributed by atoms with Crippen LogP contribution in [0.5, 0.6) is 5.75 Å². The van der Waals surface area contributed by atoms with Gasteiger partial charge in [0.15, 0.2) is 0 Å². The first kappa shape index (κ1) is 21.4. The van der Waals surface area contributed by atoms with Crippen molar-refractivity contribution < 1.29 is 14.2 Å². The maximum Gasteiger partial charge on any atom is 0.135 e. The fraction of sp³-hybridized carbons (Fsp3) is 0.640. The lowest BCUT2D eigenvalue weighted by Crippen LogP contribution is -2.47. The predicted molar refractivity (Wildman–Crippen MR) is 123 cm³/mol. The average molecular weight is 443 g/mol. The van der Waals surface area contributed by atoms with Gasteiger partial charge in [-0.05, 0) is 62.2 Å². The molecule has 1 aliphatic carbocycles. The highest BCUT2D eigenvalue weighted by atomic mass is 32.1. The summed E-state index contributed by atoms with van der Waals surface area (Å²) in [5, 5.41) is 5.83. The Kier molecular flexibility index (Phi) is 6.60. The molecule has 4 heterocycles. The number of nitrogens with one attached hydrogen (secondary N) is 1. The second-order valence-electron chi connectivity index (χ2n) is 9.40. The van der Waals surface area contributed by atoms with Crippen molar-refractivity contribution >= 4 is 11.3 Å². The topological polar surface area (TPSA) is 52.6 Å². The Morgan fingerprint density at radius 1 is 1.16 bits per heavy atom. The first-order valence-electron chi connectivity index (χ1n) is 11.8. The van der Waals surface area contributed by atoms with Gasteiger partial charge in [-0.25, -0.2) is 0 Å². The average Bonchev–Trinajstić information content (AvgIpc) is 3.56. The number of pyridine rings is 1. The van der Waals surface area contributed by atoms with Crippen LogP contribution in [0.15, 0.2) is 35.8 Å². The third-order valence-electron chi connectivity index (χ3n) is 7.32. The van der Waals surface area contributed by atoms with E-state index in [0.717, 1.165) is 57.7 Å². The van der Waals surface area contributed by atoms with Crippen LogP contribution in [0.25, 0.3) is 0 Å². The number of aromatic nitrogens is 1. The minimum atomic E-state index is 0.0773. The number of thiophene rings is 1. The fourth-order valence-electron chi connectivity index (χ4n) is 5.67. The molecule has 31 heavy (non-hydrogen) atoms. The van der Waals surface area contributed by atoms with Crippen LogP contribution in [0.4, 0.5) is 0 Å². The molecule has 5 rings (SSSR count). The Balaban J connectivity index is 1.22. The first-order chi connectivity index (χ1) is 15.3. The third kappa shape index (κ3) is 4.82. The molecule has 0 aromatic carbocycles. The van der Waals surface area contributed by atoms with Gasteiger partial charge in [0.1, 0.15) is 11.9 Å². The summed E-state index contributed by atoms with van der Waals surface area (Å²) in [5.41, 5.74) is 1.42. The predicted octanol–water partition coefficient (Wildman–Crippen LogP) is 4.85. The quantitative estimate of drug-likeness (QED) is 0.592. The Morgan fingerprint density at radius 2 is 2.10 bits per heavy atom. The molecule has 2 aromatic heterocycles. The molecular weight excluding hydrogens is 408 g/mol. The van der Waals surface area contributed by atoms with E-state index in [1.165, 1.54) is 36.3 Å². The van der Waals surface area contributed by atoms with Crippen LogP contribution in [0.1, 0.15) is 61.9 Å². The number of rotatable bonds is 8. The van der Waals surface area contributed by atoms with Crippen molar-refractivity contribution in [1.29, 1.82) is 0 Å². The SMILES string of the molecule is c1ccc([C@]2(CCNCc3sccc3O[C@H]3CCOC3)CCOC3(CCCC3)C2)nc1. The third-order valence-corrected chi connectivity index (χ3v) is 8.23. The van der Waals surface area contributed by atoms with Gasteiger partial charge < -0.3 is 19.5 Å². The minimum Gasteiger partial charge on any atom is -0.487 e. The Hall–Kier alpha value is -1.47. The van der Waals surface area contributed by atoms with Crippen LogP contribution < -0.4 is 10.1 Å². The summed E-state index contributed by atoms with van der Waals surface area (Å²) in [4.78, 5) is 6.09. The van der Waals surface area contributed by atoms with Crippen molar-refractivity contribution in [3.05, 3.63) is 46.4 Å². The van der Waals surface area contributed by atoms with Gasteiger partial charge in [-0.2, -0.15) is 0 Å². The monoisotopic (exact) mass is 442 g/mol. The number of hydrogen-bond donors (Lipinski definition) is 1. The van der Waals surface area contributed by atoms with Crippen molar-refractivity contribution in [1.82, 2.24) is 10.3 Å². The van der Waals surface area contributed by atoms with E-state index in [-0.39, 0.29) is 17.1 Å². The lowest BCUT2D eigenvalue weighted by Gasteiger charge is -2.46. The molecule has 2 atom stereocenters. The van der Waals surface area contributed by atoms with E-state index in [2.05, 4.69) is 28.9 Å². The Labute approximate surface area is 189 Å². The number of hydrogen-bond acceptors (Lipinski definition) is 6. The number of nitrogens with zero attached hydrogens (tertiary/aromatic N) is 1. The lowest BCUT2D eigenvalue weighted by atomic mass is 9.68. The van der Waals surface area contributed by atoms with E-state index in [1.807, 2.05) is 12.3 Å². The molecule has 168 valence electrons. The van der Waals surface area contributed by atoms with Crippen molar-refractivity contribution in [3.63, 3.8) is 0 Å². The van der Waals surface area contributed by atoms with E-state index >= 15 is 0 Å². The van der Waals surface area contributed by atoms with Gasteiger partial charge >= 0.3 is 0 Å². The summed E-state index contributed by atoms with van der Waals surface area (Å²) in [6.07, 6.45) is 11.4. The van der Waals surface area contributed by atoms with Gasteiger partial charge in [-0.15, -0.1) is 11.3 Å². The van der Waals surface area contributed by atoms with E-state index in [4.69, 9.17) is 19.2 Å². The Bertz CT molecular complexity index is 830. The molecule has 3 fully saturated rings. The zero-order chi connectivity index (χ0) is 21.0. The van der Waals surface area contributed by atoms with Gasteiger partial charge in [0.2, 0.25) is 0 Å². The van der Waals surface area contributed by atoms with E-state index in [9.17, 15) is 0 Å². The van der Waals surface area contributed by atoms with Crippen LogP contribution in [0, 0.1) is 0 Å². The molecule has 0 radical (unpaired) electrons. The summed E-state index contributed by atoms with van der Waals surface area (Å²) in [5.74, 6) is 1.02. The minimum absolute atomic E-state index is 0.0773. The van der Waals surface area contributed by atoms with Gasteiger partial charge in [-0.1, -0.05) is 18.9 Å². The molecule has 0 unspecified atom stereocenters. The smallest absolute Gasteiger partial charge is 0.135 e. The van der Waals surface area contributed by atoms with Gasteiger partial charge in [-0.3, -0.25) is 4.98 Å². The molecule has 2 aliphatic heterocycles. The molecule has 1 saturated carbocycles. The summed E-state index contributed by atoms with van der Waals surface area (Å²) < 4.78 is 18.0. The van der Waals surface area contributed by atoms with E-state index < -0.39 is 0 Å². The zero-order valence-corrected chi connectivity index (χ0v) is 19.1. The molecule has 3 aliphatic rings. The lowest BCUT2D eigenvalue weighted by molar-refractivity contribution is -0.104. The van der Waals surface area contributed by atoms with E-state index in [1.54, 1.807) is 11.3 Å². The summed E-state index contributed by atoms with van der Waals surface area (Å²) in [6.45, 7) is 4.18. The van der Waals surface area contributed by atoms with Crippen molar-refractivity contribution in [2.45, 2.75) is 75.0 Å². The van der Waals surface area contributed by atoms with Crippen LogP contribution in [-0.4, -0.2) is 43.1 Å². The molecule has 0 amide bonds. The van der Waals surface area contributed by atoms with Crippen molar-refractivity contribution in [2.75, 3.05) is 26.4 Å². The maximum atomic E-state index is 6.37. The van der Waals surface area contributed by atoms with Crippen molar-refractivity contribution in [2.24, 2.45) is 0 Å². The molecule has 5 nitrogen and oxygen atoms in total. The Morgan fingerprint density at radius 3 is 2.90 bits per heavy atom. The standard InChI is InChI=1S/C25H34N2O3S/c1-4-12-27-23(5-1)24(11-15-29-25(19-24)8-2-3-9-25)10-13-26-17-22-21(7-16-31-22)30-20-6-14-28-18-20/h1,4-5,7,12,16,20,26H,2-3,6,8-11,13-15,17-19H2/t20-,24+/m0/s1. The van der Waals surface area contributed by atoms with Crippen molar-refractivity contribution in [3.8, 4) is 5.75 Å². The summed E-state index contributed by atoms with van der Waals surface area (Å²) in [7, 11) is 0. The highest BCUT2D eigenvalue weighted by Gasteiger charge is 2.48. The maximum absolute atomic E-state index is 6.37. The van der Waals surface area contributed by atoms with Gasteiger partial charge in [0.05, 0.1) is 23.7 Å². The van der Waals surface area contributed by atoms with E-state index in [0.29, 0.717) is 6.61 Å². The highest BCUT2D eigenvalue weighted by molar-refractivity contribution is 7.10. The van der Waals surface area contributed by atoms with Crippen LogP contribution >= 0.6 is 11.3 Å². The second-order valence-corrected chi connectivity index (χ2v) is 10.4. The number of ether oxygens (including phenoxy) is 3. The van der Waals surface area contributed by atoms with Gasteiger partial charge in [0.25, 0.3) is 0 Å². The molecular formula is C25H34N2O3S. The molecule has 1 N–H and O–H groups in total. The molecule has 0 bridgehead atoms. The van der Waals surface area contributed by atoms with Crippen LogP contribution in [0.3, 0.4) is 0 Å². The van der Waals surface area contributed by atoms with Crippen LogP contribution in [0.2, 0.25) is 0 Å². The molecule has 2 saturated heterocycles. The molecule has 2 aromatic rings. The summed E-state index contributed by atoms with van der Waals surface area (Å²) >= 11 is 1.77. The zero-order valence-electron chi connectivity index (χ0n) is 18.3. The molecule has 1 spiro atoms. The van der Waals surface area contributed by atoms with Crippen LogP contribution in [-0.2, 0) is 21.4 Å². The first-order valence-corrected chi connectivity index (χ1v) is 12.7. The summed E-state index contributed by atoms with van der Waals surface area (Å²) in [6, 6.07) is 8.48.